The molecule has 0 bridgehead atoms. The fourth-order valence-corrected chi connectivity index (χ4v) is 3.53. The highest BCUT2D eigenvalue weighted by Gasteiger charge is 2.25. The molecule has 0 N–H and O–H groups in total. The minimum absolute atomic E-state index is 0.360. The standard InChI is InChI=1S/C25H15N/c1-2-18(17-26)25-23(19-11-5-3-6-12-19)21-15-9-10-16-22(21)24(25)20-13-7-4-8-14-20/h1,3-16H. The SMILES string of the molecule is C#CC(C#N)=C1C(c2ccccc2)=c2ccccc2=C1c1ccccc1. The summed E-state index contributed by atoms with van der Waals surface area (Å²) in [6, 6.07) is 30.7. The van der Waals surface area contributed by atoms with Crippen LogP contribution in [-0.4, -0.2) is 0 Å². The summed E-state index contributed by atoms with van der Waals surface area (Å²) < 4.78 is 0. The van der Waals surface area contributed by atoms with Crippen LogP contribution in [0.2, 0.25) is 0 Å². The molecule has 4 rings (SSSR count). The van der Waals surface area contributed by atoms with Gasteiger partial charge in [0.2, 0.25) is 0 Å². The van der Waals surface area contributed by atoms with Crippen molar-refractivity contribution in [3.05, 3.63) is 118 Å². The summed E-state index contributed by atoms with van der Waals surface area (Å²) in [5.74, 6) is 2.60. The number of allylic oxidation sites excluding steroid dienone is 2. The lowest BCUT2D eigenvalue weighted by Crippen LogP contribution is -2.23. The third kappa shape index (κ3) is 2.44. The monoisotopic (exact) mass is 329 g/mol. The van der Waals surface area contributed by atoms with Gasteiger partial charge in [-0.2, -0.15) is 5.26 Å². The molecule has 1 aliphatic carbocycles. The lowest BCUT2D eigenvalue weighted by molar-refractivity contribution is 1.48. The van der Waals surface area contributed by atoms with Crippen LogP contribution in [0.3, 0.4) is 0 Å². The van der Waals surface area contributed by atoms with E-state index in [4.69, 9.17) is 6.42 Å². The Hall–Kier alpha value is -3.81. The Bertz CT molecular complexity index is 1120. The van der Waals surface area contributed by atoms with Crippen molar-refractivity contribution in [2.45, 2.75) is 0 Å². The van der Waals surface area contributed by atoms with Crippen LogP contribution in [-0.2, 0) is 0 Å². The summed E-state index contributed by atoms with van der Waals surface area (Å²) in [6.07, 6.45) is 5.72. The maximum absolute atomic E-state index is 9.72. The number of nitriles is 1. The summed E-state index contributed by atoms with van der Waals surface area (Å²) in [5.41, 5.74) is 5.37. The van der Waals surface area contributed by atoms with Crippen LogP contribution in [0.4, 0.5) is 0 Å². The van der Waals surface area contributed by atoms with Gasteiger partial charge in [-0.05, 0) is 32.7 Å². The molecular weight excluding hydrogens is 314 g/mol. The van der Waals surface area contributed by atoms with Gasteiger partial charge in [0.15, 0.2) is 0 Å². The van der Waals surface area contributed by atoms with Crippen molar-refractivity contribution >= 4 is 11.1 Å². The minimum Gasteiger partial charge on any atom is -0.192 e. The highest BCUT2D eigenvalue weighted by atomic mass is 14.3. The van der Waals surface area contributed by atoms with Gasteiger partial charge in [-0.1, -0.05) is 90.8 Å². The van der Waals surface area contributed by atoms with E-state index in [1.807, 2.05) is 48.5 Å². The second-order valence-corrected chi connectivity index (χ2v) is 6.03. The number of rotatable bonds is 2. The zero-order valence-corrected chi connectivity index (χ0v) is 14.1. The molecule has 120 valence electrons. The highest BCUT2D eigenvalue weighted by molar-refractivity contribution is 6.03. The molecule has 0 unspecified atom stereocenters. The van der Waals surface area contributed by atoms with Crippen LogP contribution in [0.1, 0.15) is 11.1 Å². The van der Waals surface area contributed by atoms with Crippen molar-refractivity contribution in [2.24, 2.45) is 0 Å². The van der Waals surface area contributed by atoms with Crippen molar-refractivity contribution in [1.82, 2.24) is 0 Å². The molecule has 0 spiro atoms. The van der Waals surface area contributed by atoms with E-state index in [0.29, 0.717) is 5.57 Å². The van der Waals surface area contributed by atoms with Crippen molar-refractivity contribution in [3.63, 3.8) is 0 Å². The van der Waals surface area contributed by atoms with Crippen molar-refractivity contribution in [2.75, 3.05) is 0 Å². The van der Waals surface area contributed by atoms with E-state index in [1.165, 1.54) is 0 Å². The van der Waals surface area contributed by atoms with E-state index in [0.717, 1.165) is 38.3 Å². The number of nitrogens with zero attached hydrogens (tertiary/aromatic N) is 1. The van der Waals surface area contributed by atoms with Crippen LogP contribution in [0.15, 0.2) is 96.1 Å². The topological polar surface area (TPSA) is 23.8 Å². The predicted octanol–water partition coefficient (Wildman–Crippen LogP) is 3.55. The van der Waals surface area contributed by atoms with E-state index in [2.05, 4.69) is 48.4 Å². The average Bonchev–Trinajstić information content (AvgIpc) is 3.05. The van der Waals surface area contributed by atoms with Gasteiger partial charge in [-0.15, -0.1) is 6.42 Å². The summed E-state index contributed by atoms with van der Waals surface area (Å²) in [5, 5.41) is 11.9. The van der Waals surface area contributed by atoms with Gasteiger partial charge < -0.3 is 0 Å². The lowest BCUT2D eigenvalue weighted by Gasteiger charge is -2.13. The van der Waals surface area contributed by atoms with E-state index >= 15 is 0 Å². The largest absolute Gasteiger partial charge is 0.192 e. The number of terminal acetylenes is 1. The molecule has 1 heteroatoms. The molecule has 0 fully saturated rings. The number of benzene rings is 3. The zero-order chi connectivity index (χ0) is 17.9. The Morgan fingerprint density at radius 2 is 1.08 bits per heavy atom. The summed E-state index contributed by atoms with van der Waals surface area (Å²) in [7, 11) is 0. The van der Waals surface area contributed by atoms with Crippen molar-refractivity contribution in [3.8, 4) is 18.4 Å². The molecule has 1 aliphatic rings. The molecule has 0 aromatic heterocycles. The maximum Gasteiger partial charge on any atom is 0.110 e. The van der Waals surface area contributed by atoms with E-state index in [-0.39, 0.29) is 0 Å². The predicted molar refractivity (Wildman–Crippen MR) is 105 cm³/mol. The summed E-state index contributed by atoms with van der Waals surface area (Å²) in [4.78, 5) is 0. The second-order valence-electron chi connectivity index (χ2n) is 6.03. The van der Waals surface area contributed by atoms with Crippen molar-refractivity contribution in [1.29, 1.82) is 5.26 Å². The molecule has 0 heterocycles. The fraction of sp³-hybridized carbons (Fsp3) is 0. The quantitative estimate of drug-likeness (QED) is 0.521. The lowest BCUT2D eigenvalue weighted by atomic mass is 9.88. The second kappa shape index (κ2) is 6.60. The summed E-state index contributed by atoms with van der Waals surface area (Å²) in [6.45, 7) is 0. The Morgan fingerprint density at radius 1 is 0.654 bits per heavy atom. The Morgan fingerprint density at radius 3 is 1.46 bits per heavy atom. The molecular formula is C25H15N. The van der Waals surface area contributed by atoms with Crippen LogP contribution in [0.5, 0.6) is 0 Å². The minimum atomic E-state index is 0.360. The Labute approximate surface area is 152 Å². The first-order valence-electron chi connectivity index (χ1n) is 8.41. The van der Waals surface area contributed by atoms with Gasteiger partial charge in [0.05, 0.1) is 0 Å². The van der Waals surface area contributed by atoms with Gasteiger partial charge >= 0.3 is 0 Å². The highest BCUT2D eigenvalue weighted by Crippen LogP contribution is 2.35. The molecule has 0 atom stereocenters. The first-order valence-corrected chi connectivity index (χ1v) is 8.41. The number of hydrogen-bond acceptors (Lipinski definition) is 1. The van der Waals surface area contributed by atoms with Crippen LogP contribution >= 0.6 is 0 Å². The van der Waals surface area contributed by atoms with Gasteiger partial charge in [0.1, 0.15) is 11.6 Å². The molecule has 0 amide bonds. The average molecular weight is 329 g/mol. The third-order valence-electron chi connectivity index (χ3n) is 4.60. The summed E-state index contributed by atoms with van der Waals surface area (Å²) >= 11 is 0. The molecule has 0 radical (unpaired) electrons. The van der Waals surface area contributed by atoms with E-state index < -0.39 is 0 Å². The van der Waals surface area contributed by atoms with E-state index in [1.54, 1.807) is 0 Å². The normalized spacial score (nSPS) is 12.3. The number of hydrogen-bond donors (Lipinski definition) is 0. The molecule has 1 nitrogen and oxygen atoms in total. The molecule has 0 saturated carbocycles. The maximum atomic E-state index is 9.72. The van der Waals surface area contributed by atoms with Crippen LogP contribution in [0, 0.1) is 23.7 Å². The van der Waals surface area contributed by atoms with Crippen LogP contribution in [0.25, 0.3) is 11.1 Å². The molecule has 0 aliphatic heterocycles. The number of fused-ring (bicyclic) bond motifs is 1. The molecule has 26 heavy (non-hydrogen) atoms. The Balaban J connectivity index is 2.22. The van der Waals surface area contributed by atoms with Gasteiger partial charge in [0.25, 0.3) is 0 Å². The zero-order valence-electron chi connectivity index (χ0n) is 14.1. The Kier molecular flexibility index (Phi) is 3.98. The molecule has 3 aromatic carbocycles. The first kappa shape index (κ1) is 15.7. The molecule has 0 saturated heterocycles. The third-order valence-corrected chi connectivity index (χ3v) is 4.60. The molecule has 3 aromatic rings. The smallest absolute Gasteiger partial charge is 0.110 e. The van der Waals surface area contributed by atoms with E-state index in [9.17, 15) is 5.26 Å². The van der Waals surface area contributed by atoms with Gasteiger partial charge in [-0.25, -0.2) is 0 Å². The van der Waals surface area contributed by atoms with Crippen LogP contribution < -0.4 is 10.4 Å². The van der Waals surface area contributed by atoms with Gasteiger partial charge in [0, 0.05) is 5.57 Å². The van der Waals surface area contributed by atoms with Gasteiger partial charge in [-0.3, -0.25) is 0 Å². The fourth-order valence-electron chi connectivity index (χ4n) is 3.53. The van der Waals surface area contributed by atoms with Crippen molar-refractivity contribution < 1.29 is 0 Å². The first-order chi connectivity index (χ1) is 12.8.